The number of fused-ring (bicyclic) bond motifs is 1. The van der Waals surface area contributed by atoms with E-state index in [1.807, 2.05) is 0 Å². The first-order valence-electron chi connectivity index (χ1n) is 9.34. The molecule has 2 aliphatic rings. The summed E-state index contributed by atoms with van der Waals surface area (Å²) in [5, 5.41) is 7.90. The van der Waals surface area contributed by atoms with Crippen LogP contribution in [0, 0.1) is 5.82 Å². The summed E-state index contributed by atoms with van der Waals surface area (Å²) < 4.78 is 24.1. The van der Waals surface area contributed by atoms with Gasteiger partial charge in [-0.15, -0.1) is 0 Å². The SMILES string of the molecule is O=C(COc1ccc(Cl)c(F)c1)NC1=CC(NC(=O)C2Oc3ccccc3NC2=O)C1. The van der Waals surface area contributed by atoms with Crippen LogP contribution in [0.5, 0.6) is 11.5 Å². The van der Waals surface area contributed by atoms with Gasteiger partial charge < -0.3 is 25.4 Å². The van der Waals surface area contributed by atoms with Gasteiger partial charge in [0.2, 0.25) is 0 Å². The van der Waals surface area contributed by atoms with Crippen molar-refractivity contribution in [3.63, 3.8) is 0 Å². The molecular weight excluding hydrogens is 429 g/mol. The van der Waals surface area contributed by atoms with Gasteiger partial charge in [0, 0.05) is 18.2 Å². The molecule has 31 heavy (non-hydrogen) atoms. The van der Waals surface area contributed by atoms with Gasteiger partial charge in [-0.25, -0.2) is 4.39 Å². The van der Waals surface area contributed by atoms with Crippen molar-refractivity contribution in [2.75, 3.05) is 11.9 Å². The molecule has 8 nitrogen and oxygen atoms in total. The lowest BCUT2D eigenvalue weighted by Gasteiger charge is -2.30. The number of para-hydroxylation sites is 2. The molecular formula is C21H17ClFN3O5. The van der Waals surface area contributed by atoms with Crippen molar-refractivity contribution >= 4 is 35.0 Å². The molecule has 10 heteroatoms. The second-order valence-corrected chi connectivity index (χ2v) is 7.31. The first-order valence-corrected chi connectivity index (χ1v) is 9.72. The minimum atomic E-state index is -1.30. The molecule has 2 aromatic carbocycles. The number of amides is 3. The number of carbonyl (C=O) groups excluding carboxylic acids is 3. The summed E-state index contributed by atoms with van der Waals surface area (Å²) in [6.45, 7) is -0.315. The van der Waals surface area contributed by atoms with Crippen molar-refractivity contribution in [1.29, 1.82) is 0 Å². The van der Waals surface area contributed by atoms with Crippen molar-refractivity contribution in [3.8, 4) is 11.5 Å². The van der Waals surface area contributed by atoms with Crippen LogP contribution in [-0.4, -0.2) is 36.5 Å². The van der Waals surface area contributed by atoms with E-state index >= 15 is 0 Å². The molecule has 0 saturated heterocycles. The van der Waals surface area contributed by atoms with Crippen LogP contribution >= 0.6 is 11.6 Å². The Balaban J connectivity index is 1.23. The summed E-state index contributed by atoms with van der Waals surface area (Å²) in [6.07, 6.45) is 0.722. The zero-order chi connectivity index (χ0) is 22.0. The van der Waals surface area contributed by atoms with Crippen LogP contribution in [0.4, 0.5) is 10.1 Å². The first-order chi connectivity index (χ1) is 14.9. The number of anilines is 1. The molecule has 0 bridgehead atoms. The van der Waals surface area contributed by atoms with E-state index in [-0.39, 0.29) is 23.4 Å². The Kier molecular flexibility index (Phi) is 5.77. The van der Waals surface area contributed by atoms with Gasteiger partial charge in [-0.1, -0.05) is 23.7 Å². The Hall–Kier alpha value is -3.59. The normalized spacial score (nSPS) is 19.0. The first kappa shape index (κ1) is 20.7. The van der Waals surface area contributed by atoms with Gasteiger partial charge in [-0.05, 0) is 30.3 Å². The van der Waals surface area contributed by atoms with Gasteiger partial charge in [-0.3, -0.25) is 14.4 Å². The molecule has 2 aromatic rings. The molecule has 0 saturated carbocycles. The maximum atomic E-state index is 13.4. The van der Waals surface area contributed by atoms with E-state index in [0.29, 0.717) is 23.6 Å². The molecule has 0 spiro atoms. The molecule has 0 aromatic heterocycles. The fourth-order valence-corrected chi connectivity index (χ4v) is 3.16. The van der Waals surface area contributed by atoms with Gasteiger partial charge in [-0.2, -0.15) is 0 Å². The predicted octanol–water partition coefficient (Wildman–Crippen LogP) is 2.15. The van der Waals surface area contributed by atoms with Crippen LogP contribution in [0.2, 0.25) is 5.02 Å². The zero-order valence-corrected chi connectivity index (χ0v) is 16.7. The average molecular weight is 446 g/mol. The summed E-state index contributed by atoms with van der Waals surface area (Å²) in [6, 6.07) is 10.4. The third-order valence-electron chi connectivity index (χ3n) is 4.60. The summed E-state index contributed by atoms with van der Waals surface area (Å²) in [4.78, 5) is 36.4. The molecule has 0 fully saturated rings. The van der Waals surface area contributed by atoms with E-state index in [1.54, 1.807) is 30.3 Å². The molecule has 3 N–H and O–H groups in total. The Morgan fingerprint density at radius 3 is 2.81 bits per heavy atom. The third-order valence-corrected chi connectivity index (χ3v) is 4.90. The van der Waals surface area contributed by atoms with E-state index in [1.165, 1.54) is 12.1 Å². The van der Waals surface area contributed by atoms with Crippen molar-refractivity contribution in [2.24, 2.45) is 0 Å². The number of carbonyl (C=O) groups is 3. The van der Waals surface area contributed by atoms with Crippen LogP contribution in [0.1, 0.15) is 6.42 Å². The van der Waals surface area contributed by atoms with Crippen LogP contribution in [0.25, 0.3) is 0 Å². The minimum Gasteiger partial charge on any atom is -0.484 e. The topological polar surface area (TPSA) is 106 Å². The van der Waals surface area contributed by atoms with Crippen molar-refractivity contribution < 1.29 is 28.2 Å². The molecule has 1 aliphatic heterocycles. The fraction of sp³-hybridized carbons (Fsp3) is 0.190. The standard InChI is InChI=1S/C21H17ClFN3O5/c22-14-6-5-13(9-15(14)23)30-10-18(27)24-11-7-12(8-11)25-20(28)19-21(29)26-16-3-1-2-4-17(16)31-19/h1-7,9,12,19H,8,10H2,(H,24,27)(H,25,28)(H,26,29). The van der Waals surface area contributed by atoms with Crippen molar-refractivity contribution in [2.45, 2.75) is 18.6 Å². The Bertz CT molecular complexity index is 1090. The van der Waals surface area contributed by atoms with Crippen molar-refractivity contribution in [1.82, 2.24) is 10.6 Å². The van der Waals surface area contributed by atoms with Gasteiger partial charge in [0.1, 0.15) is 17.3 Å². The summed E-state index contributed by atoms with van der Waals surface area (Å²) >= 11 is 5.59. The molecule has 2 atom stereocenters. The quantitative estimate of drug-likeness (QED) is 0.591. The van der Waals surface area contributed by atoms with E-state index in [0.717, 1.165) is 6.07 Å². The Morgan fingerprint density at radius 1 is 1.26 bits per heavy atom. The molecule has 1 aliphatic carbocycles. The average Bonchev–Trinajstić information content (AvgIpc) is 2.72. The summed E-state index contributed by atoms with van der Waals surface area (Å²) in [7, 11) is 0. The monoisotopic (exact) mass is 445 g/mol. The lowest BCUT2D eigenvalue weighted by Crippen LogP contribution is -2.52. The highest BCUT2D eigenvalue weighted by Gasteiger charge is 2.35. The number of hydrogen-bond acceptors (Lipinski definition) is 5. The lowest BCUT2D eigenvalue weighted by atomic mass is 9.98. The number of benzene rings is 2. The molecule has 3 amide bonds. The van der Waals surface area contributed by atoms with E-state index in [9.17, 15) is 18.8 Å². The second-order valence-electron chi connectivity index (χ2n) is 6.91. The lowest BCUT2D eigenvalue weighted by molar-refractivity contribution is -0.137. The van der Waals surface area contributed by atoms with E-state index < -0.39 is 29.6 Å². The molecule has 2 unspecified atom stereocenters. The fourth-order valence-electron chi connectivity index (χ4n) is 3.04. The van der Waals surface area contributed by atoms with E-state index in [4.69, 9.17) is 21.1 Å². The van der Waals surface area contributed by atoms with Crippen LogP contribution in [0.15, 0.2) is 54.2 Å². The minimum absolute atomic E-state index is 0.0372. The molecule has 160 valence electrons. The Labute approximate surface area is 181 Å². The van der Waals surface area contributed by atoms with Crippen LogP contribution < -0.4 is 25.4 Å². The van der Waals surface area contributed by atoms with Gasteiger partial charge in [0.25, 0.3) is 23.8 Å². The summed E-state index contributed by atoms with van der Waals surface area (Å²) in [5.74, 6) is -1.61. The van der Waals surface area contributed by atoms with Crippen LogP contribution in [-0.2, 0) is 14.4 Å². The van der Waals surface area contributed by atoms with E-state index in [2.05, 4.69) is 16.0 Å². The van der Waals surface area contributed by atoms with Gasteiger partial charge >= 0.3 is 0 Å². The largest absolute Gasteiger partial charge is 0.484 e. The number of nitrogens with one attached hydrogen (secondary N) is 3. The molecule has 4 rings (SSSR count). The maximum Gasteiger partial charge on any atom is 0.275 e. The number of hydrogen-bond donors (Lipinski definition) is 3. The Morgan fingerprint density at radius 2 is 2.03 bits per heavy atom. The van der Waals surface area contributed by atoms with Gasteiger partial charge in [0.05, 0.1) is 16.8 Å². The van der Waals surface area contributed by atoms with Crippen molar-refractivity contribution in [3.05, 3.63) is 65.1 Å². The van der Waals surface area contributed by atoms with Gasteiger partial charge in [0.15, 0.2) is 6.61 Å². The maximum absolute atomic E-state index is 13.4. The number of halogens is 2. The summed E-state index contributed by atoms with van der Waals surface area (Å²) in [5.41, 5.74) is 1.11. The highest BCUT2D eigenvalue weighted by molar-refractivity contribution is 6.30. The number of ether oxygens (including phenoxy) is 2. The highest BCUT2D eigenvalue weighted by atomic mass is 35.5. The third kappa shape index (κ3) is 4.77. The molecule has 0 radical (unpaired) electrons. The second kappa shape index (κ2) is 8.65. The zero-order valence-electron chi connectivity index (χ0n) is 16.0. The van der Waals surface area contributed by atoms with Crippen LogP contribution in [0.3, 0.4) is 0 Å². The number of rotatable bonds is 6. The highest BCUT2D eigenvalue weighted by Crippen LogP contribution is 2.29. The molecule has 1 heterocycles. The predicted molar refractivity (Wildman–Crippen MR) is 109 cm³/mol. The smallest absolute Gasteiger partial charge is 0.275 e.